The van der Waals surface area contributed by atoms with Gasteiger partial charge in [-0.2, -0.15) is 0 Å². The summed E-state index contributed by atoms with van der Waals surface area (Å²) >= 11 is 2.45. The van der Waals surface area contributed by atoms with Crippen LogP contribution in [0.5, 0.6) is 0 Å². The van der Waals surface area contributed by atoms with Gasteiger partial charge in [0.25, 0.3) is 0 Å². The summed E-state index contributed by atoms with van der Waals surface area (Å²) in [4.78, 5) is 0. The highest BCUT2D eigenvalue weighted by Crippen LogP contribution is 2.34. The minimum atomic E-state index is -0.429. The molecular weight excluding hydrogens is 277 g/mol. The Morgan fingerprint density at radius 1 is 1.46 bits per heavy atom. The molecule has 2 nitrogen and oxygen atoms in total. The summed E-state index contributed by atoms with van der Waals surface area (Å²) in [6.45, 7) is 9.71. The Morgan fingerprint density at radius 3 is 2.31 bits per heavy atom. The van der Waals surface area contributed by atoms with Crippen LogP contribution >= 0.6 is 22.6 Å². The maximum atomic E-state index is 10.1. The minimum absolute atomic E-state index is 0.429. The molecule has 1 N–H and O–H groups in total. The van der Waals surface area contributed by atoms with Gasteiger partial charge < -0.3 is 9.59 Å². The van der Waals surface area contributed by atoms with E-state index in [1.165, 1.54) is 0 Å². The zero-order chi connectivity index (χ0) is 10.1. The molecule has 1 heterocycles. The molecule has 0 aromatic heterocycles. The number of likely N-dealkylation sites (tertiary alicyclic amines) is 1. The third-order valence-electron chi connectivity index (χ3n) is 3.54. The maximum Gasteiger partial charge on any atom is 0.116 e. The number of halogens is 1. The summed E-state index contributed by atoms with van der Waals surface area (Å²) in [7, 11) is 0. The molecule has 1 aliphatic rings. The number of alkyl halides is 1. The molecule has 78 valence electrons. The van der Waals surface area contributed by atoms with E-state index >= 15 is 0 Å². The van der Waals surface area contributed by atoms with Crippen LogP contribution in [0.15, 0.2) is 0 Å². The monoisotopic (exact) mass is 298 g/mol. The van der Waals surface area contributed by atoms with Crippen molar-refractivity contribution in [3.63, 3.8) is 0 Å². The van der Waals surface area contributed by atoms with Crippen LogP contribution in [0.4, 0.5) is 0 Å². The number of likely N-dealkylation sites (N-methyl/N-ethyl adjacent to an activating group) is 1. The number of hydrogen-bond acceptors (Lipinski definition) is 1. The smallest absolute Gasteiger partial charge is 0.116 e. The Bertz CT molecular complexity index is 178. The average molecular weight is 298 g/mol. The van der Waals surface area contributed by atoms with E-state index in [0.717, 1.165) is 35.0 Å². The van der Waals surface area contributed by atoms with E-state index in [1.807, 2.05) is 6.92 Å². The molecule has 0 aromatic carbocycles. The summed E-state index contributed by atoms with van der Waals surface area (Å²) < 4.78 is 2.27. The van der Waals surface area contributed by atoms with E-state index in [9.17, 15) is 5.11 Å². The third-order valence-corrected chi connectivity index (χ3v) is 4.56. The summed E-state index contributed by atoms with van der Waals surface area (Å²) in [6, 6.07) is 0.658. The van der Waals surface area contributed by atoms with Crippen LogP contribution in [0, 0.1) is 0 Å². The highest BCUT2D eigenvalue weighted by molar-refractivity contribution is 14.1. The molecule has 1 saturated heterocycles. The van der Waals surface area contributed by atoms with E-state index in [0.29, 0.717) is 6.04 Å². The number of quaternary nitrogens is 1. The molecule has 1 fully saturated rings. The van der Waals surface area contributed by atoms with Gasteiger partial charge in [0, 0.05) is 6.42 Å². The topological polar surface area (TPSA) is 20.2 Å². The number of rotatable bonds is 3. The molecule has 3 heteroatoms. The van der Waals surface area contributed by atoms with E-state index in [2.05, 4.69) is 36.4 Å². The highest BCUT2D eigenvalue weighted by atomic mass is 127. The minimum Gasteiger partial charge on any atom is -0.384 e. The molecule has 0 aromatic rings. The molecule has 0 aliphatic carbocycles. The first-order valence-corrected chi connectivity index (χ1v) is 6.66. The predicted molar refractivity (Wildman–Crippen MR) is 64.1 cm³/mol. The Kier molecular flexibility index (Phi) is 3.63. The van der Waals surface area contributed by atoms with Crippen molar-refractivity contribution in [2.24, 2.45) is 0 Å². The van der Waals surface area contributed by atoms with Crippen molar-refractivity contribution in [1.82, 2.24) is 0 Å². The summed E-state index contributed by atoms with van der Waals surface area (Å²) in [5, 5.41) is 10.1. The predicted octanol–water partition coefficient (Wildman–Crippen LogP) is 1.80. The van der Waals surface area contributed by atoms with Crippen LogP contribution in [-0.4, -0.2) is 45.3 Å². The molecule has 0 amide bonds. The van der Waals surface area contributed by atoms with E-state index in [1.54, 1.807) is 0 Å². The quantitative estimate of drug-likeness (QED) is 0.478. The van der Waals surface area contributed by atoms with Crippen LogP contribution in [0.3, 0.4) is 0 Å². The second-order valence-corrected chi connectivity index (χ2v) is 5.40. The van der Waals surface area contributed by atoms with Crippen LogP contribution in [0.1, 0.15) is 27.2 Å². The van der Waals surface area contributed by atoms with Gasteiger partial charge >= 0.3 is 0 Å². The lowest BCUT2D eigenvalue weighted by Crippen LogP contribution is -2.53. The fourth-order valence-corrected chi connectivity index (χ4v) is 3.88. The molecule has 13 heavy (non-hydrogen) atoms. The molecule has 0 bridgehead atoms. The number of nitrogens with zero attached hydrogens (tertiary/aromatic N) is 1. The molecule has 0 saturated carbocycles. The Balaban J connectivity index is 2.83. The Morgan fingerprint density at radius 2 is 2.00 bits per heavy atom. The second-order valence-electron chi connectivity index (χ2n) is 4.52. The van der Waals surface area contributed by atoms with Crippen LogP contribution in [-0.2, 0) is 0 Å². The van der Waals surface area contributed by atoms with Gasteiger partial charge in [0.1, 0.15) is 18.2 Å². The largest absolute Gasteiger partial charge is 0.384 e. The van der Waals surface area contributed by atoms with E-state index < -0.39 is 5.60 Å². The Labute approximate surface area is 95.0 Å². The van der Waals surface area contributed by atoms with E-state index in [4.69, 9.17) is 0 Å². The average Bonchev–Trinajstić information content (AvgIpc) is 2.37. The maximum absolute atomic E-state index is 10.1. The fourth-order valence-electron chi connectivity index (χ4n) is 2.74. The van der Waals surface area contributed by atoms with Crippen molar-refractivity contribution in [3.8, 4) is 0 Å². The van der Waals surface area contributed by atoms with Crippen molar-refractivity contribution in [2.75, 3.05) is 24.1 Å². The van der Waals surface area contributed by atoms with Crippen molar-refractivity contribution in [1.29, 1.82) is 0 Å². The molecule has 2 atom stereocenters. The van der Waals surface area contributed by atoms with Gasteiger partial charge in [-0.15, -0.1) is 0 Å². The van der Waals surface area contributed by atoms with Crippen LogP contribution in [0.25, 0.3) is 0 Å². The second kappa shape index (κ2) is 4.03. The van der Waals surface area contributed by atoms with Crippen molar-refractivity contribution in [2.45, 2.75) is 38.8 Å². The first-order chi connectivity index (χ1) is 5.99. The van der Waals surface area contributed by atoms with Crippen molar-refractivity contribution in [3.05, 3.63) is 0 Å². The van der Waals surface area contributed by atoms with Crippen LogP contribution < -0.4 is 0 Å². The molecular formula is C10H21INO+. The summed E-state index contributed by atoms with van der Waals surface area (Å²) in [5.74, 6) is 0. The number of hydrogen-bond donors (Lipinski definition) is 1. The summed E-state index contributed by atoms with van der Waals surface area (Å²) in [5.41, 5.74) is -0.429. The highest BCUT2D eigenvalue weighted by Gasteiger charge is 2.49. The Hall–Kier alpha value is 0.650. The lowest BCUT2D eigenvalue weighted by Gasteiger charge is -2.38. The molecule has 0 spiro atoms. The zero-order valence-corrected chi connectivity index (χ0v) is 11.0. The van der Waals surface area contributed by atoms with Crippen LogP contribution in [0.2, 0.25) is 0 Å². The molecule has 0 radical (unpaired) electrons. The van der Waals surface area contributed by atoms with Gasteiger partial charge in [0.15, 0.2) is 0 Å². The van der Waals surface area contributed by atoms with Gasteiger partial charge in [-0.05, 0) is 20.8 Å². The molecule has 1 rings (SSSR count). The zero-order valence-electron chi connectivity index (χ0n) is 8.89. The first kappa shape index (κ1) is 11.7. The standard InChI is InChI=1S/C10H21INO/c1-4-12(5-2)8-10(3,13)6-9(12)7-11/h9,13H,4-8H2,1-3H3/q+1. The van der Waals surface area contributed by atoms with Gasteiger partial charge in [0.05, 0.1) is 17.5 Å². The number of aliphatic hydroxyl groups is 1. The molecule has 1 aliphatic heterocycles. The van der Waals surface area contributed by atoms with Gasteiger partial charge in [-0.1, -0.05) is 22.6 Å². The van der Waals surface area contributed by atoms with Gasteiger partial charge in [-0.25, -0.2) is 0 Å². The van der Waals surface area contributed by atoms with Gasteiger partial charge in [-0.3, -0.25) is 0 Å². The van der Waals surface area contributed by atoms with E-state index in [-0.39, 0.29) is 0 Å². The lowest BCUT2D eigenvalue weighted by molar-refractivity contribution is -0.935. The van der Waals surface area contributed by atoms with Crippen molar-refractivity contribution < 1.29 is 9.59 Å². The lowest BCUT2D eigenvalue weighted by atomic mass is 10.0. The fraction of sp³-hybridized carbons (Fsp3) is 1.00. The first-order valence-electron chi connectivity index (χ1n) is 5.14. The van der Waals surface area contributed by atoms with Crippen molar-refractivity contribution >= 4 is 22.6 Å². The molecule has 2 unspecified atom stereocenters. The summed E-state index contributed by atoms with van der Waals surface area (Å²) in [6.07, 6.45) is 0.970. The normalized spacial score (nSPS) is 38.1. The third kappa shape index (κ3) is 2.18. The van der Waals surface area contributed by atoms with Gasteiger partial charge in [0.2, 0.25) is 0 Å². The SMILES string of the molecule is CC[N+]1(CC)CC(C)(O)CC1CI.